The maximum absolute atomic E-state index is 13.8. The minimum atomic E-state index is -0.855. The second-order valence-electron chi connectivity index (χ2n) is 13.0. The van der Waals surface area contributed by atoms with Gasteiger partial charge < -0.3 is 30.2 Å². The number of nitrogens with one attached hydrogen (secondary N) is 4. The molecule has 8 rings (SSSR count). The molecule has 252 valence electrons. The molecule has 2 fully saturated rings. The molecule has 0 spiro atoms. The number of carbonyl (C=O) groups is 2. The van der Waals surface area contributed by atoms with E-state index in [1.165, 1.54) is 24.3 Å². The molecular formula is C40H39N7O3. The standard InChI is InChI=1S/C40H39N7O3/c1-50-40(49)46-36(27-7-3-2-4-8-27)39(48)47-20-6-10-35(47)38-43-23-33(45-38)26-13-11-25(12-14-26)28-15-16-30-22-31(18-17-29(30)21-28)34-24-42-37(44-34)32-9-5-19-41-32/h2-4,7-8,11-18,21-24,32,35-36,41H,5-6,9-10,19-20H2,1H3,(H,42,44)(H,43,45)(H,46,49)/t32-,35-,36+/m0/s1. The van der Waals surface area contributed by atoms with E-state index in [0.717, 1.165) is 71.1 Å². The van der Waals surface area contributed by atoms with Gasteiger partial charge in [-0.1, -0.05) is 78.9 Å². The highest BCUT2D eigenvalue weighted by Gasteiger charge is 2.37. The molecule has 4 heterocycles. The minimum Gasteiger partial charge on any atom is -0.453 e. The number of benzene rings is 4. The van der Waals surface area contributed by atoms with Gasteiger partial charge in [0.25, 0.3) is 5.91 Å². The Balaban J connectivity index is 0.973. The predicted octanol–water partition coefficient (Wildman–Crippen LogP) is 7.47. The van der Waals surface area contributed by atoms with Crippen LogP contribution in [0.4, 0.5) is 4.79 Å². The van der Waals surface area contributed by atoms with Gasteiger partial charge in [0.05, 0.1) is 43.0 Å². The van der Waals surface area contributed by atoms with Gasteiger partial charge in [-0.05, 0) is 77.4 Å². The summed E-state index contributed by atoms with van der Waals surface area (Å²) in [5.41, 5.74) is 7.03. The summed E-state index contributed by atoms with van der Waals surface area (Å²) in [6.45, 7) is 1.63. The molecule has 2 aliphatic rings. The number of likely N-dealkylation sites (tertiary alicyclic amines) is 1. The Hall–Kier alpha value is -5.74. The molecular weight excluding hydrogens is 626 g/mol. The van der Waals surface area contributed by atoms with Crippen molar-refractivity contribution in [3.8, 4) is 33.6 Å². The van der Waals surface area contributed by atoms with E-state index in [1.807, 2.05) is 47.6 Å². The molecule has 0 aliphatic carbocycles. The zero-order valence-corrected chi connectivity index (χ0v) is 27.9. The molecule has 4 aromatic carbocycles. The van der Waals surface area contributed by atoms with Gasteiger partial charge in [0, 0.05) is 12.1 Å². The van der Waals surface area contributed by atoms with Crippen molar-refractivity contribution in [1.82, 2.24) is 35.5 Å². The summed E-state index contributed by atoms with van der Waals surface area (Å²) in [7, 11) is 1.29. The molecule has 2 saturated heterocycles. The molecule has 0 unspecified atom stereocenters. The number of aromatic nitrogens is 4. The molecule has 10 nitrogen and oxygen atoms in total. The van der Waals surface area contributed by atoms with E-state index in [4.69, 9.17) is 9.72 Å². The number of amides is 2. The lowest BCUT2D eigenvalue weighted by Crippen LogP contribution is -2.42. The minimum absolute atomic E-state index is 0.190. The topological polar surface area (TPSA) is 128 Å². The Labute approximate surface area is 290 Å². The Morgan fingerprint density at radius 1 is 0.780 bits per heavy atom. The van der Waals surface area contributed by atoms with Gasteiger partial charge in [-0.2, -0.15) is 0 Å². The number of fused-ring (bicyclic) bond motifs is 1. The number of imidazole rings is 2. The third kappa shape index (κ3) is 6.25. The van der Waals surface area contributed by atoms with Crippen LogP contribution in [0.25, 0.3) is 44.4 Å². The van der Waals surface area contributed by atoms with Crippen molar-refractivity contribution in [3.05, 3.63) is 121 Å². The van der Waals surface area contributed by atoms with Gasteiger partial charge in [0.1, 0.15) is 17.7 Å². The third-order valence-electron chi connectivity index (χ3n) is 9.94. The highest BCUT2D eigenvalue weighted by molar-refractivity contribution is 5.91. The van der Waals surface area contributed by atoms with Crippen molar-refractivity contribution < 1.29 is 14.3 Å². The Morgan fingerprint density at radius 3 is 2.18 bits per heavy atom. The fraction of sp³-hybridized carbons (Fsp3) is 0.250. The number of hydrogen-bond acceptors (Lipinski definition) is 6. The van der Waals surface area contributed by atoms with Crippen LogP contribution in [-0.2, 0) is 9.53 Å². The molecule has 10 heteroatoms. The van der Waals surface area contributed by atoms with Crippen LogP contribution < -0.4 is 10.6 Å². The number of H-pyrrole nitrogens is 2. The number of hydrogen-bond donors (Lipinski definition) is 4. The van der Waals surface area contributed by atoms with Crippen LogP contribution in [0, 0.1) is 0 Å². The number of carbonyl (C=O) groups excluding carboxylic acids is 2. The van der Waals surface area contributed by atoms with E-state index >= 15 is 0 Å². The lowest BCUT2D eigenvalue weighted by atomic mass is 9.98. The van der Waals surface area contributed by atoms with Crippen molar-refractivity contribution in [2.75, 3.05) is 20.2 Å². The molecule has 0 saturated carbocycles. The highest BCUT2D eigenvalue weighted by atomic mass is 16.5. The maximum Gasteiger partial charge on any atom is 0.407 e. The Kier molecular flexibility index (Phi) is 8.60. The summed E-state index contributed by atoms with van der Waals surface area (Å²) in [6.07, 6.45) is 7.04. The van der Waals surface area contributed by atoms with Crippen molar-refractivity contribution in [3.63, 3.8) is 0 Å². The largest absolute Gasteiger partial charge is 0.453 e. The summed E-state index contributed by atoms with van der Waals surface area (Å²) >= 11 is 0. The monoisotopic (exact) mass is 665 g/mol. The van der Waals surface area contributed by atoms with E-state index in [9.17, 15) is 9.59 Å². The van der Waals surface area contributed by atoms with Gasteiger partial charge in [-0.15, -0.1) is 0 Å². The van der Waals surface area contributed by atoms with Crippen LogP contribution in [0.2, 0.25) is 0 Å². The zero-order valence-electron chi connectivity index (χ0n) is 27.9. The summed E-state index contributed by atoms with van der Waals surface area (Å²) < 4.78 is 4.82. The van der Waals surface area contributed by atoms with Crippen LogP contribution in [0.1, 0.15) is 61.0 Å². The first-order chi connectivity index (χ1) is 24.5. The molecule has 6 aromatic rings. The normalized spacial score (nSPS) is 18.0. The number of ether oxygens (including phenoxy) is 1. The van der Waals surface area contributed by atoms with E-state index in [-0.39, 0.29) is 11.9 Å². The average molecular weight is 666 g/mol. The van der Waals surface area contributed by atoms with Gasteiger partial charge in [0.15, 0.2) is 0 Å². The summed E-state index contributed by atoms with van der Waals surface area (Å²) in [5.74, 6) is 1.56. The maximum atomic E-state index is 13.8. The first-order valence-corrected chi connectivity index (χ1v) is 17.2. The average Bonchev–Trinajstić information content (AvgIpc) is 4.01. The van der Waals surface area contributed by atoms with Crippen molar-refractivity contribution in [2.45, 2.75) is 43.8 Å². The molecule has 4 N–H and O–H groups in total. The Morgan fingerprint density at radius 2 is 1.44 bits per heavy atom. The van der Waals surface area contributed by atoms with E-state index < -0.39 is 12.1 Å². The number of nitrogens with zero attached hydrogens (tertiary/aromatic N) is 3. The molecule has 2 aliphatic heterocycles. The molecule has 2 amide bonds. The predicted molar refractivity (Wildman–Crippen MR) is 193 cm³/mol. The molecule has 50 heavy (non-hydrogen) atoms. The van der Waals surface area contributed by atoms with Gasteiger partial charge in [-0.3, -0.25) is 4.79 Å². The summed E-state index contributed by atoms with van der Waals surface area (Å²) in [6, 6.07) is 30.0. The molecule has 0 bridgehead atoms. The SMILES string of the molecule is COC(=O)N[C@@H](C(=O)N1CCC[C@H]1c1ncc(-c2ccc(-c3ccc4cc(-c5cnc([C@@H]6CCCN6)[nH]5)ccc4c3)cc2)[nH]1)c1ccccc1. The molecule has 2 aromatic heterocycles. The Bertz CT molecular complexity index is 2130. The number of aromatic amines is 2. The van der Waals surface area contributed by atoms with Gasteiger partial charge in [0.2, 0.25) is 0 Å². The van der Waals surface area contributed by atoms with Gasteiger partial charge in [-0.25, -0.2) is 14.8 Å². The zero-order chi connectivity index (χ0) is 34.0. The lowest BCUT2D eigenvalue weighted by Gasteiger charge is -2.28. The fourth-order valence-corrected chi connectivity index (χ4v) is 7.26. The second kappa shape index (κ2) is 13.6. The van der Waals surface area contributed by atoms with Crippen LogP contribution in [0.5, 0.6) is 0 Å². The summed E-state index contributed by atoms with van der Waals surface area (Å²) in [4.78, 5) is 44.2. The number of rotatable bonds is 8. The van der Waals surface area contributed by atoms with Gasteiger partial charge >= 0.3 is 6.09 Å². The van der Waals surface area contributed by atoms with Crippen LogP contribution in [-0.4, -0.2) is 57.0 Å². The van der Waals surface area contributed by atoms with Crippen LogP contribution in [0.3, 0.4) is 0 Å². The van der Waals surface area contributed by atoms with Crippen molar-refractivity contribution >= 4 is 22.8 Å². The summed E-state index contributed by atoms with van der Waals surface area (Å²) in [5, 5.41) is 8.59. The molecule has 3 atom stereocenters. The first-order valence-electron chi connectivity index (χ1n) is 17.2. The quantitative estimate of drug-likeness (QED) is 0.134. The van der Waals surface area contributed by atoms with Crippen molar-refractivity contribution in [2.24, 2.45) is 0 Å². The first kappa shape index (κ1) is 31.5. The van der Waals surface area contributed by atoms with E-state index in [2.05, 4.69) is 86.2 Å². The molecule has 0 radical (unpaired) electrons. The highest BCUT2D eigenvalue weighted by Crippen LogP contribution is 2.35. The van der Waals surface area contributed by atoms with Crippen molar-refractivity contribution in [1.29, 1.82) is 0 Å². The van der Waals surface area contributed by atoms with Crippen LogP contribution >= 0.6 is 0 Å². The number of methoxy groups -OCH3 is 1. The van der Waals surface area contributed by atoms with E-state index in [1.54, 1.807) is 0 Å². The smallest absolute Gasteiger partial charge is 0.407 e. The second-order valence-corrected chi connectivity index (χ2v) is 13.0. The third-order valence-corrected chi connectivity index (χ3v) is 9.94. The lowest BCUT2D eigenvalue weighted by molar-refractivity contribution is -0.134. The van der Waals surface area contributed by atoms with E-state index in [0.29, 0.717) is 18.2 Å². The fourth-order valence-electron chi connectivity index (χ4n) is 7.26. The number of alkyl carbamates (subject to hydrolysis) is 1. The van der Waals surface area contributed by atoms with Crippen LogP contribution in [0.15, 0.2) is 103 Å².